The van der Waals surface area contributed by atoms with E-state index in [2.05, 4.69) is 25.5 Å². The lowest BCUT2D eigenvalue weighted by Gasteiger charge is -2.53. The Morgan fingerprint density at radius 2 is 1.73 bits per heavy atom. The second kappa shape index (κ2) is 13.5. The molecule has 0 unspecified atom stereocenters. The number of carbonyl (C=O) groups excluding carboxylic acids is 3. The van der Waals surface area contributed by atoms with E-state index in [0.717, 1.165) is 60.8 Å². The van der Waals surface area contributed by atoms with Crippen molar-refractivity contribution in [2.75, 3.05) is 53.3 Å². The van der Waals surface area contributed by atoms with Gasteiger partial charge in [-0.15, -0.1) is 11.3 Å². The molecule has 1 aromatic carbocycles. The van der Waals surface area contributed by atoms with Gasteiger partial charge in [-0.25, -0.2) is 14.4 Å². The third-order valence-corrected chi connectivity index (χ3v) is 11.1. The van der Waals surface area contributed by atoms with E-state index in [9.17, 15) is 18.8 Å². The standard InChI is InChI=1S/C39H36FN7O4S/c1-23-18-28(35(42-20-23)46-21-39(22-46)12-16-51-17-13-39)36(48)44-27-8-6-25(7-9-27)38(50)47-15-11-26-19-31(37(49)45-34-29(40)4-3-14-41-34)52-33(26)32-30(47)10-5-24(2)43-32/h3-10,14,18-20H,11-13,15-17,21-22H2,1-2H3,(H,44,48)(H,41,45,49). The molecule has 3 aliphatic rings. The third kappa shape index (κ3) is 6.41. The number of aromatic nitrogens is 3. The second-order valence-electron chi connectivity index (χ2n) is 13.7. The van der Waals surface area contributed by atoms with Crippen LogP contribution in [-0.2, 0) is 11.2 Å². The number of halogens is 1. The van der Waals surface area contributed by atoms with E-state index < -0.39 is 11.7 Å². The number of pyridine rings is 3. The molecule has 0 saturated carbocycles. The Morgan fingerprint density at radius 1 is 0.942 bits per heavy atom. The van der Waals surface area contributed by atoms with E-state index in [-0.39, 0.29) is 23.0 Å². The predicted molar refractivity (Wildman–Crippen MR) is 198 cm³/mol. The first-order chi connectivity index (χ1) is 25.2. The molecule has 2 N–H and O–H groups in total. The highest BCUT2D eigenvalue weighted by Gasteiger charge is 2.45. The summed E-state index contributed by atoms with van der Waals surface area (Å²) in [6.45, 7) is 7.40. The van der Waals surface area contributed by atoms with E-state index in [1.165, 1.54) is 29.7 Å². The number of aryl methyl sites for hydroxylation is 2. The summed E-state index contributed by atoms with van der Waals surface area (Å²) in [4.78, 5) is 59.2. The first-order valence-electron chi connectivity index (χ1n) is 17.2. The van der Waals surface area contributed by atoms with Crippen molar-refractivity contribution >= 4 is 52.1 Å². The van der Waals surface area contributed by atoms with Gasteiger partial charge in [-0.1, -0.05) is 0 Å². The topological polar surface area (TPSA) is 130 Å². The van der Waals surface area contributed by atoms with Gasteiger partial charge in [-0.05, 0) is 105 Å². The Morgan fingerprint density at radius 3 is 2.50 bits per heavy atom. The second-order valence-corrected chi connectivity index (χ2v) is 14.7. The number of nitrogens with zero attached hydrogens (tertiary/aromatic N) is 5. The molecule has 52 heavy (non-hydrogen) atoms. The van der Waals surface area contributed by atoms with Crippen LogP contribution in [0.3, 0.4) is 0 Å². The summed E-state index contributed by atoms with van der Waals surface area (Å²) in [6.07, 6.45) is 5.72. The van der Waals surface area contributed by atoms with Gasteiger partial charge in [-0.3, -0.25) is 19.4 Å². The maximum absolute atomic E-state index is 14.2. The molecule has 0 radical (unpaired) electrons. The van der Waals surface area contributed by atoms with Crippen molar-refractivity contribution in [3.63, 3.8) is 0 Å². The van der Waals surface area contributed by atoms with Gasteiger partial charge in [-0.2, -0.15) is 0 Å². The Kier molecular flexibility index (Phi) is 8.76. The van der Waals surface area contributed by atoms with Crippen molar-refractivity contribution in [1.29, 1.82) is 0 Å². The number of ether oxygens (including phenoxy) is 1. The zero-order valence-electron chi connectivity index (χ0n) is 28.7. The molecule has 2 saturated heterocycles. The molecular weight excluding hydrogens is 682 g/mol. The summed E-state index contributed by atoms with van der Waals surface area (Å²) in [5, 5.41) is 5.55. The first kappa shape index (κ1) is 33.6. The third-order valence-electron chi connectivity index (χ3n) is 9.94. The van der Waals surface area contributed by atoms with E-state index in [4.69, 9.17) is 9.72 Å². The average Bonchev–Trinajstić information content (AvgIpc) is 3.51. The van der Waals surface area contributed by atoms with Crippen LogP contribution in [0.15, 0.2) is 73.1 Å². The molecule has 0 atom stereocenters. The van der Waals surface area contributed by atoms with Crippen LogP contribution in [-0.4, -0.2) is 65.5 Å². The number of rotatable bonds is 6. The maximum atomic E-state index is 14.2. The highest BCUT2D eigenvalue weighted by atomic mass is 32.1. The van der Waals surface area contributed by atoms with Crippen LogP contribution in [0.2, 0.25) is 0 Å². The Labute approximate surface area is 303 Å². The normalized spacial score (nSPS) is 16.0. The van der Waals surface area contributed by atoms with E-state index in [1.54, 1.807) is 41.4 Å². The van der Waals surface area contributed by atoms with Crippen molar-refractivity contribution in [3.05, 3.63) is 112 Å². The molecule has 264 valence electrons. The number of thiophene rings is 1. The number of nitrogens with one attached hydrogen (secondary N) is 2. The maximum Gasteiger partial charge on any atom is 0.266 e. The zero-order valence-corrected chi connectivity index (χ0v) is 29.6. The number of hydrogen-bond donors (Lipinski definition) is 2. The van der Waals surface area contributed by atoms with Crippen LogP contribution in [0.4, 0.5) is 27.4 Å². The molecular formula is C39H36FN7O4S. The molecule has 0 bridgehead atoms. The lowest BCUT2D eigenvalue weighted by atomic mass is 9.73. The summed E-state index contributed by atoms with van der Waals surface area (Å²) < 4.78 is 19.7. The molecule has 4 aromatic heterocycles. The smallest absolute Gasteiger partial charge is 0.266 e. The van der Waals surface area contributed by atoms with Crippen molar-refractivity contribution in [1.82, 2.24) is 15.0 Å². The number of amides is 3. The summed E-state index contributed by atoms with van der Waals surface area (Å²) in [7, 11) is 0. The Hall–Kier alpha value is -5.53. The van der Waals surface area contributed by atoms with Crippen LogP contribution in [0.5, 0.6) is 0 Å². The van der Waals surface area contributed by atoms with Gasteiger partial charge in [0.25, 0.3) is 17.7 Å². The molecule has 3 amide bonds. The Bertz CT molecular complexity index is 2210. The average molecular weight is 718 g/mol. The lowest BCUT2D eigenvalue weighted by molar-refractivity contribution is -0.000511. The quantitative estimate of drug-likeness (QED) is 0.199. The van der Waals surface area contributed by atoms with Crippen molar-refractivity contribution in [2.24, 2.45) is 5.41 Å². The molecule has 8 rings (SSSR count). The van der Waals surface area contributed by atoms with Gasteiger partial charge in [0.1, 0.15) is 11.5 Å². The van der Waals surface area contributed by atoms with E-state index >= 15 is 0 Å². The summed E-state index contributed by atoms with van der Waals surface area (Å²) in [5.74, 6) is -1.02. The van der Waals surface area contributed by atoms with Gasteiger partial charge < -0.3 is 25.2 Å². The SMILES string of the molecule is Cc1cnc(N2CC3(CCOCC3)C2)c(C(=O)Nc2ccc(C(=O)N3CCc4cc(C(=O)Nc5ncccc5F)sc4-c4nc(C)ccc43)cc2)c1. The highest BCUT2D eigenvalue weighted by Crippen LogP contribution is 2.43. The summed E-state index contributed by atoms with van der Waals surface area (Å²) >= 11 is 1.25. The molecule has 1 spiro atoms. The van der Waals surface area contributed by atoms with Crippen LogP contribution >= 0.6 is 11.3 Å². The number of hydrogen-bond acceptors (Lipinski definition) is 9. The Balaban J connectivity index is 0.988. The van der Waals surface area contributed by atoms with Gasteiger partial charge in [0.2, 0.25) is 0 Å². The predicted octanol–water partition coefficient (Wildman–Crippen LogP) is 6.68. The fraction of sp³-hybridized carbons (Fsp3) is 0.282. The van der Waals surface area contributed by atoms with Gasteiger partial charge >= 0.3 is 0 Å². The highest BCUT2D eigenvalue weighted by molar-refractivity contribution is 7.17. The van der Waals surface area contributed by atoms with Crippen molar-refractivity contribution < 1.29 is 23.5 Å². The summed E-state index contributed by atoms with van der Waals surface area (Å²) in [6, 6.07) is 16.9. The number of fused-ring (bicyclic) bond motifs is 3. The minimum absolute atomic E-state index is 0.139. The van der Waals surface area contributed by atoms with Gasteiger partial charge in [0.05, 0.1) is 21.0 Å². The van der Waals surface area contributed by atoms with Crippen molar-refractivity contribution in [3.8, 4) is 10.6 Å². The fourth-order valence-corrected chi connectivity index (χ4v) is 8.24. The lowest BCUT2D eigenvalue weighted by Crippen LogP contribution is -2.59. The minimum Gasteiger partial charge on any atom is -0.381 e. The number of carbonyl (C=O) groups is 3. The number of benzene rings is 1. The molecule has 2 fully saturated rings. The fourth-order valence-electron chi connectivity index (χ4n) is 7.14. The van der Waals surface area contributed by atoms with Crippen LogP contribution in [0.25, 0.3) is 10.6 Å². The zero-order chi connectivity index (χ0) is 36.0. The van der Waals surface area contributed by atoms with Gasteiger partial charge in [0, 0.05) is 67.6 Å². The molecule has 3 aliphatic heterocycles. The largest absolute Gasteiger partial charge is 0.381 e. The molecule has 13 heteroatoms. The van der Waals surface area contributed by atoms with Crippen molar-refractivity contribution in [2.45, 2.75) is 33.1 Å². The molecule has 11 nitrogen and oxygen atoms in total. The summed E-state index contributed by atoms with van der Waals surface area (Å²) in [5.41, 5.74) is 5.52. The van der Waals surface area contributed by atoms with E-state index in [0.29, 0.717) is 51.9 Å². The monoisotopic (exact) mass is 717 g/mol. The van der Waals surface area contributed by atoms with E-state index in [1.807, 2.05) is 32.0 Å². The molecule has 0 aliphatic carbocycles. The minimum atomic E-state index is -0.621. The van der Waals surface area contributed by atoms with Crippen LogP contribution in [0, 0.1) is 25.1 Å². The van der Waals surface area contributed by atoms with Crippen LogP contribution < -0.4 is 20.4 Å². The molecule has 7 heterocycles. The van der Waals surface area contributed by atoms with Gasteiger partial charge in [0.15, 0.2) is 11.6 Å². The first-order valence-corrected chi connectivity index (χ1v) is 18.0. The molecule has 5 aromatic rings. The van der Waals surface area contributed by atoms with Crippen LogP contribution in [0.1, 0.15) is 60.1 Å². The number of anilines is 4.